The van der Waals surface area contributed by atoms with Crippen LogP contribution >= 0.6 is 15.9 Å². The van der Waals surface area contributed by atoms with Crippen LogP contribution < -0.4 is 0 Å². The summed E-state index contributed by atoms with van der Waals surface area (Å²) in [6.45, 7) is 3.04. The van der Waals surface area contributed by atoms with E-state index in [4.69, 9.17) is 4.98 Å². The van der Waals surface area contributed by atoms with Crippen molar-refractivity contribution in [2.75, 3.05) is 6.54 Å². The molecule has 2 nitrogen and oxygen atoms in total. The van der Waals surface area contributed by atoms with Gasteiger partial charge in [0.1, 0.15) is 4.60 Å². The lowest BCUT2D eigenvalue weighted by Gasteiger charge is -2.22. The van der Waals surface area contributed by atoms with Crippen molar-refractivity contribution in [2.45, 2.75) is 45.2 Å². The molecule has 0 spiro atoms. The highest BCUT2D eigenvalue weighted by atomic mass is 79.9. The van der Waals surface area contributed by atoms with Crippen LogP contribution in [0.5, 0.6) is 0 Å². The van der Waals surface area contributed by atoms with E-state index in [0.717, 1.165) is 37.1 Å². The van der Waals surface area contributed by atoms with Gasteiger partial charge in [0.25, 0.3) is 0 Å². The summed E-state index contributed by atoms with van der Waals surface area (Å²) < 4.78 is 1.07. The molecule has 0 aliphatic heterocycles. The summed E-state index contributed by atoms with van der Waals surface area (Å²) in [5.41, 5.74) is 6.90. The molecule has 0 atom stereocenters. The molecule has 144 valence electrons. The van der Waals surface area contributed by atoms with E-state index in [-0.39, 0.29) is 0 Å². The number of pyridine rings is 1. The topological polar surface area (TPSA) is 16.1 Å². The Morgan fingerprint density at radius 3 is 2.14 bits per heavy atom. The molecule has 0 fully saturated rings. The lowest BCUT2D eigenvalue weighted by molar-refractivity contribution is 0.253. The summed E-state index contributed by atoms with van der Waals surface area (Å²) in [5, 5.41) is 0. The first-order valence-corrected chi connectivity index (χ1v) is 11.0. The monoisotopic (exact) mass is 434 g/mol. The average Bonchev–Trinajstić information content (AvgIpc) is 3.19. The van der Waals surface area contributed by atoms with Gasteiger partial charge < -0.3 is 0 Å². The zero-order valence-electron chi connectivity index (χ0n) is 16.3. The summed E-state index contributed by atoms with van der Waals surface area (Å²) in [6.07, 6.45) is 5.80. The Labute approximate surface area is 176 Å². The maximum atomic E-state index is 4.81. The molecule has 3 aromatic rings. The normalized spacial score (nSPS) is 13.1. The van der Waals surface area contributed by atoms with Crippen LogP contribution in [0.4, 0.5) is 0 Å². The van der Waals surface area contributed by atoms with E-state index in [9.17, 15) is 0 Å². The predicted molar refractivity (Wildman–Crippen MR) is 119 cm³/mol. The first-order chi connectivity index (χ1) is 13.8. The van der Waals surface area contributed by atoms with E-state index >= 15 is 0 Å². The molecule has 1 aliphatic rings. The Hall–Kier alpha value is -1.97. The van der Waals surface area contributed by atoms with Gasteiger partial charge in [0, 0.05) is 18.8 Å². The number of aromatic nitrogens is 1. The molecule has 0 N–H and O–H groups in total. The van der Waals surface area contributed by atoms with Crippen LogP contribution in [0.1, 0.15) is 40.8 Å². The number of benzene rings is 2. The summed E-state index contributed by atoms with van der Waals surface area (Å²) in [5.74, 6) is 0. The van der Waals surface area contributed by atoms with Crippen molar-refractivity contribution in [2.24, 2.45) is 0 Å². The van der Waals surface area contributed by atoms with Crippen molar-refractivity contribution in [3.63, 3.8) is 0 Å². The van der Waals surface area contributed by atoms with Crippen LogP contribution in [0.2, 0.25) is 0 Å². The lowest BCUT2D eigenvalue weighted by atomic mass is 10.1. The average molecular weight is 435 g/mol. The fourth-order valence-electron chi connectivity index (χ4n) is 4.10. The van der Waals surface area contributed by atoms with Crippen molar-refractivity contribution in [3.8, 4) is 0 Å². The van der Waals surface area contributed by atoms with Crippen molar-refractivity contribution in [1.82, 2.24) is 9.88 Å². The van der Waals surface area contributed by atoms with E-state index in [1.807, 2.05) is 0 Å². The van der Waals surface area contributed by atoms with Crippen molar-refractivity contribution >= 4 is 15.9 Å². The van der Waals surface area contributed by atoms with Gasteiger partial charge >= 0.3 is 0 Å². The van der Waals surface area contributed by atoms with E-state index < -0.39 is 0 Å². The Morgan fingerprint density at radius 1 is 0.857 bits per heavy atom. The fourth-order valence-corrected chi connectivity index (χ4v) is 4.78. The number of hydrogen-bond donors (Lipinski definition) is 0. The summed E-state index contributed by atoms with van der Waals surface area (Å²) in [4.78, 5) is 7.36. The van der Waals surface area contributed by atoms with Gasteiger partial charge in [-0.2, -0.15) is 0 Å². The quantitative estimate of drug-likeness (QED) is 0.406. The number of halogens is 1. The second-order valence-electron chi connectivity index (χ2n) is 7.68. The molecular formula is C25H27BrN2. The zero-order chi connectivity index (χ0) is 19.2. The Kier molecular flexibility index (Phi) is 6.56. The number of nitrogens with zero attached hydrogens (tertiary/aromatic N) is 2. The molecule has 1 aromatic heterocycles. The highest BCUT2D eigenvalue weighted by Crippen LogP contribution is 2.28. The third-order valence-corrected chi connectivity index (χ3v) is 6.15. The molecule has 4 rings (SSSR count). The Balaban J connectivity index is 1.40. The smallest absolute Gasteiger partial charge is 0.109 e. The maximum absolute atomic E-state index is 4.81. The number of rotatable bonds is 8. The van der Waals surface area contributed by atoms with Crippen LogP contribution in [0.15, 0.2) is 71.3 Å². The highest BCUT2D eigenvalue weighted by Gasteiger charge is 2.16. The van der Waals surface area contributed by atoms with Crippen molar-refractivity contribution in [1.29, 1.82) is 0 Å². The van der Waals surface area contributed by atoms with Crippen LogP contribution in [0.3, 0.4) is 0 Å². The van der Waals surface area contributed by atoms with Crippen LogP contribution in [0.25, 0.3) is 0 Å². The molecule has 3 heteroatoms. The molecule has 28 heavy (non-hydrogen) atoms. The molecule has 0 bridgehead atoms. The predicted octanol–water partition coefficient (Wildman–Crippen LogP) is 5.97. The number of hydrogen-bond acceptors (Lipinski definition) is 2. The van der Waals surface area contributed by atoms with Crippen LogP contribution in [-0.2, 0) is 32.4 Å². The van der Waals surface area contributed by atoms with Gasteiger partial charge in [0.2, 0.25) is 0 Å². The molecular weight excluding hydrogens is 408 g/mol. The minimum absolute atomic E-state index is 0.983. The zero-order valence-corrected chi connectivity index (χ0v) is 17.9. The Bertz CT molecular complexity index is 852. The van der Waals surface area contributed by atoms with Crippen molar-refractivity contribution < 1.29 is 0 Å². The third-order valence-electron chi connectivity index (χ3n) is 5.50. The number of fused-ring (bicyclic) bond motifs is 1. The van der Waals surface area contributed by atoms with E-state index in [1.165, 1.54) is 47.2 Å². The van der Waals surface area contributed by atoms with E-state index in [0.29, 0.717) is 0 Å². The fraction of sp³-hybridized carbons (Fsp3) is 0.320. The molecule has 0 amide bonds. The van der Waals surface area contributed by atoms with Gasteiger partial charge in [0.05, 0.1) is 0 Å². The minimum atomic E-state index is 0.983. The summed E-state index contributed by atoms with van der Waals surface area (Å²) >= 11 is 3.69. The molecule has 0 saturated heterocycles. The third kappa shape index (κ3) is 5.09. The lowest BCUT2D eigenvalue weighted by Crippen LogP contribution is -2.24. The Morgan fingerprint density at radius 2 is 1.50 bits per heavy atom. The molecule has 1 heterocycles. The van der Waals surface area contributed by atoms with Gasteiger partial charge in [-0.15, -0.1) is 0 Å². The SMILES string of the molecule is Brc1nc(CCCN(Cc2ccccc2)Cc2ccccc2)cc2c1CCC2. The van der Waals surface area contributed by atoms with Gasteiger partial charge in [-0.1, -0.05) is 60.7 Å². The molecule has 0 radical (unpaired) electrons. The largest absolute Gasteiger partial charge is 0.295 e. The molecule has 1 aliphatic carbocycles. The molecule has 0 unspecified atom stereocenters. The van der Waals surface area contributed by atoms with Crippen molar-refractivity contribution in [3.05, 3.63) is 99.3 Å². The highest BCUT2D eigenvalue weighted by molar-refractivity contribution is 9.10. The molecule has 0 saturated carbocycles. The van der Waals surface area contributed by atoms with Gasteiger partial charge in [-0.3, -0.25) is 4.90 Å². The summed E-state index contributed by atoms with van der Waals surface area (Å²) in [7, 11) is 0. The second kappa shape index (κ2) is 9.49. The maximum Gasteiger partial charge on any atom is 0.109 e. The van der Waals surface area contributed by atoms with Gasteiger partial charge in [-0.25, -0.2) is 4.98 Å². The van der Waals surface area contributed by atoms with Crippen LogP contribution in [-0.4, -0.2) is 16.4 Å². The van der Waals surface area contributed by atoms with E-state index in [1.54, 1.807) is 0 Å². The molecule has 2 aromatic carbocycles. The second-order valence-corrected chi connectivity index (χ2v) is 8.43. The van der Waals surface area contributed by atoms with E-state index in [2.05, 4.69) is 87.6 Å². The minimum Gasteiger partial charge on any atom is -0.295 e. The summed E-state index contributed by atoms with van der Waals surface area (Å²) in [6, 6.07) is 23.9. The number of aryl methyl sites for hydroxylation is 2. The van der Waals surface area contributed by atoms with Crippen LogP contribution in [0, 0.1) is 0 Å². The van der Waals surface area contributed by atoms with Gasteiger partial charge in [0.15, 0.2) is 0 Å². The van der Waals surface area contributed by atoms with Gasteiger partial charge in [-0.05, 0) is 82.9 Å². The first kappa shape index (κ1) is 19.4. The standard InChI is InChI=1S/C25H27BrN2/c26-25-24-15-7-13-22(24)17-23(27-25)14-8-16-28(18-20-9-3-1-4-10-20)19-21-11-5-2-6-12-21/h1-6,9-12,17H,7-8,13-16,18-19H2. The first-order valence-electron chi connectivity index (χ1n) is 10.3.